The number of allylic oxidation sites excluding steroid dienone is 4. The first-order valence-electron chi connectivity index (χ1n) is 7.03. The van der Waals surface area contributed by atoms with Crippen molar-refractivity contribution < 1.29 is 18.5 Å². The van der Waals surface area contributed by atoms with Gasteiger partial charge in [0.15, 0.2) is 0 Å². The second-order valence-electron chi connectivity index (χ2n) is 4.95. The Hall–Kier alpha value is -0.870. The molecule has 5 nitrogen and oxygen atoms in total. The van der Waals surface area contributed by atoms with Crippen LogP contribution in [0.15, 0.2) is 35.6 Å². The SMILES string of the molecule is O=P(O)(OCCCC1=CC=CC1)OCCC1=CNCC1. The van der Waals surface area contributed by atoms with Gasteiger partial charge in [-0.15, -0.1) is 0 Å². The largest absolute Gasteiger partial charge is 0.472 e. The summed E-state index contributed by atoms with van der Waals surface area (Å²) in [4.78, 5) is 9.53. The van der Waals surface area contributed by atoms with Crippen LogP contribution in [-0.2, 0) is 13.6 Å². The zero-order chi connectivity index (χ0) is 14.3. The van der Waals surface area contributed by atoms with Gasteiger partial charge in [0.05, 0.1) is 13.2 Å². The predicted molar refractivity (Wildman–Crippen MR) is 78.1 cm³/mol. The molecule has 0 bridgehead atoms. The van der Waals surface area contributed by atoms with E-state index in [4.69, 9.17) is 9.05 Å². The van der Waals surface area contributed by atoms with Crippen LogP contribution in [-0.4, -0.2) is 24.7 Å². The van der Waals surface area contributed by atoms with E-state index in [0.29, 0.717) is 6.42 Å². The molecule has 0 aromatic heterocycles. The van der Waals surface area contributed by atoms with Crippen molar-refractivity contribution in [2.75, 3.05) is 19.8 Å². The van der Waals surface area contributed by atoms with Gasteiger partial charge in [-0.3, -0.25) is 9.05 Å². The van der Waals surface area contributed by atoms with E-state index >= 15 is 0 Å². The lowest BCUT2D eigenvalue weighted by molar-refractivity contribution is 0.149. The average Bonchev–Trinajstić information content (AvgIpc) is 3.07. The van der Waals surface area contributed by atoms with Gasteiger partial charge in [0, 0.05) is 6.54 Å². The van der Waals surface area contributed by atoms with Crippen molar-refractivity contribution in [3.05, 3.63) is 35.6 Å². The molecule has 1 unspecified atom stereocenters. The van der Waals surface area contributed by atoms with Gasteiger partial charge in [-0.25, -0.2) is 4.57 Å². The molecule has 1 atom stereocenters. The van der Waals surface area contributed by atoms with Gasteiger partial charge in [0.1, 0.15) is 0 Å². The topological polar surface area (TPSA) is 67.8 Å². The standard InChI is InChI=1S/C14H22NO4P/c16-20(17,19-11-8-14-7-9-15-12-14)18-10-3-6-13-4-1-2-5-13/h1-2,4,12,15H,3,5-11H2,(H,16,17). The summed E-state index contributed by atoms with van der Waals surface area (Å²) < 4.78 is 21.5. The van der Waals surface area contributed by atoms with Crippen LogP contribution in [0.1, 0.15) is 32.1 Å². The van der Waals surface area contributed by atoms with E-state index in [1.807, 2.05) is 12.3 Å². The highest BCUT2D eigenvalue weighted by molar-refractivity contribution is 7.47. The lowest BCUT2D eigenvalue weighted by Gasteiger charge is -2.12. The number of rotatable bonds is 9. The summed E-state index contributed by atoms with van der Waals surface area (Å²) in [6.45, 7) is 1.40. The maximum absolute atomic E-state index is 11.6. The van der Waals surface area contributed by atoms with Crippen molar-refractivity contribution >= 4 is 7.82 Å². The predicted octanol–water partition coefficient (Wildman–Crippen LogP) is 3.05. The molecule has 0 fully saturated rings. The maximum atomic E-state index is 11.6. The maximum Gasteiger partial charge on any atom is 0.472 e. The molecule has 1 aliphatic heterocycles. The van der Waals surface area contributed by atoms with Gasteiger partial charge in [-0.1, -0.05) is 29.4 Å². The van der Waals surface area contributed by atoms with Gasteiger partial charge in [0.2, 0.25) is 0 Å². The monoisotopic (exact) mass is 299 g/mol. The molecule has 0 saturated heterocycles. The second kappa shape index (κ2) is 7.79. The summed E-state index contributed by atoms with van der Waals surface area (Å²) in [6.07, 6.45) is 12.4. The molecule has 2 N–H and O–H groups in total. The van der Waals surface area contributed by atoms with Gasteiger partial charge in [-0.2, -0.15) is 0 Å². The minimum absolute atomic E-state index is 0.219. The smallest absolute Gasteiger partial charge is 0.391 e. The third-order valence-corrected chi connectivity index (χ3v) is 4.34. The molecule has 2 aliphatic rings. The van der Waals surface area contributed by atoms with Crippen LogP contribution in [0.3, 0.4) is 0 Å². The van der Waals surface area contributed by atoms with E-state index in [0.717, 1.165) is 32.2 Å². The molecule has 2 rings (SSSR count). The zero-order valence-electron chi connectivity index (χ0n) is 11.6. The molecule has 6 heteroatoms. The Labute approximate surface area is 120 Å². The Bertz CT molecular complexity index is 456. The van der Waals surface area contributed by atoms with E-state index in [1.165, 1.54) is 11.1 Å². The molecule has 20 heavy (non-hydrogen) atoms. The minimum Gasteiger partial charge on any atom is -0.391 e. The first-order chi connectivity index (χ1) is 9.66. The highest BCUT2D eigenvalue weighted by atomic mass is 31.2. The van der Waals surface area contributed by atoms with Crippen molar-refractivity contribution in [2.45, 2.75) is 32.1 Å². The summed E-state index contributed by atoms with van der Waals surface area (Å²) >= 11 is 0. The lowest BCUT2D eigenvalue weighted by atomic mass is 10.1. The number of hydrogen-bond acceptors (Lipinski definition) is 4. The average molecular weight is 299 g/mol. The van der Waals surface area contributed by atoms with Crippen molar-refractivity contribution in [1.82, 2.24) is 5.32 Å². The highest BCUT2D eigenvalue weighted by Gasteiger charge is 2.20. The normalized spacial score (nSPS) is 20.4. The van der Waals surface area contributed by atoms with E-state index in [1.54, 1.807) is 0 Å². The minimum atomic E-state index is -3.89. The number of hydrogen-bond donors (Lipinski definition) is 2. The second-order valence-corrected chi connectivity index (χ2v) is 6.41. The Balaban J connectivity index is 1.54. The van der Waals surface area contributed by atoms with Crippen molar-refractivity contribution in [3.8, 4) is 0 Å². The van der Waals surface area contributed by atoms with E-state index in [-0.39, 0.29) is 13.2 Å². The molecular formula is C14H22NO4P. The van der Waals surface area contributed by atoms with Crippen LogP contribution in [0.25, 0.3) is 0 Å². The van der Waals surface area contributed by atoms with Crippen LogP contribution in [0.5, 0.6) is 0 Å². The number of phosphoric ester groups is 1. The quantitative estimate of drug-likeness (QED) is 0.506. The third kappa shape index (κ3) is 5.63. The Kier molecular flexibility index (Phi) is 6.05. The first kappa shape index (κ1) is 15.5. The van der Waals surface area contributed by atoms with Gasteiger partial charge in [-0.05, 0) is 38.3 Å². The summed E-state index contributed by atoms with van der Waals surface area (Å²) in [7, 11) is -3.89. The van der Waals surface area contributed by atoms with Crippen LogP contribution in [0.4, 0.5) is 0 Å². The molecule has 1 aliphatic carbocycles. The molecular weight excluding hydrogens is 277 g/mol. The summed E-state index contributed by atoms with van der Waals surface area (Å²) in [6, 6.07) is 0. The van der Waals surface area contributed by atoms with Crippen molar-refractivity contribution in [3.63, 3.8) is 0 Å². The Morgan fingerprint density at radius 1 is 1.25 bits per heavy atom. The Morgan fingerprint density at radius 3 is 2.80 bits per heavy atom. The third-order valence-electron chi connectivity index (χ3n) is 3.32. The molecule has 112 valence electrons. The molecule has 0 saturated carbocycles. The van der Waals surface area contributed by atoms with Crippen LogP contribution >= 0.6 is 7.82 Å². The lowest BCUT2D eigenvalue weighted by Crippen LogP contribution is -2.00. The summed E-state index contributed by atoms with van der Waals surface area (Å²) in [5.41, 5.74) is 2.55. The van der Waals surface area contributed by atoms with E-state index in [2.05, 4.69) is 17.5 Å². The first-order valence-corrected chi connectivity index (χ1v) is 8.53. The molecule has 0 amide bonds. The van der Waals surface area contributed by atoms with Gasteiger partial charge in [0.25, 0.3) is 0 Å². The zero-order valence-corrected chi connectivity index (χ0v) is 12.5. The van der Waals surface area contributed by atoms with Crippen LogP contribution in [0.2, 0.25) is 0 Å². The highest BCUT2D eigenvalue weighted by Crippen LogP contribution is 2.43. The van der Waals surface area contributed by atoms with E-state index in [9.17, 15) is 9.46 Å². The van der Waals surface area contributed by atoms with Crippen LogP contribution < -0.4 is 5.32 Å². The van der Waals surface area contributed by atoms with Crippen LogP contribution in [0, 0.1) is 0 Å². The van der Waals surface area contributed by atoms with Gasteiger partial charge >= 0.3 is 7.82 Å². The molecule has 0 aromatic rings. The molecule has 0 spiro atoms. The van der Waals surface area contributed by atoms with Crippen molar-refractivity contribution in [2.24, 2.45) is 0 Å². The fourth-order valence-electron chi connectivity index (χ4n) is 2.20. The fourth-order valence-corrected chi connectivity index (χ4v) is 2.96. The van der Waals surface area contributed by atoms with Crippen molar-refractivity contribution in [1.29, 1.82) is 0 Å². The van der Waals surface area contributed by atoms with E-state index < -0.39 is 7.82 Å². The molecule has 1 heterocycles. The number of phosphoric acid groups is 1. The molecule has 0 radical (unpaired) electrons. The number of nitrogens with one attached hydrogen (secondary N) is 1. The Morgan fingerprint density at radius 2 is 2.10 bits per heavy atom. The summed E-state index contributed by atoms with van der Waals surface area (Å²) in [5.74, 6) is 0. The molecule has 0 aromatic carbocycles. The van der Waals surface area contributed by atoms with Gasteiger partial charge < -0.3 is 10.2 Å². The fraction of sp³-hybridized carbons (Fsp3) is 0.571. The summed E-state index contributed by atoms with van der Waals surface area (Å²) in [5, 5.41) is 3.10.